The third-order valence-electron chi connectivity index (χ3n) is 4.03. The van der Waals surface area contributed by atoms with Crippen molar-refractivity contribution in [3.05, 3.63) is 34.9 Å². The minimum Gasteiger partial charge on any atom is -0.330 e. The largest absolute Gasteiger partial charge is 0.330 e. The van der Waals surface area contributed by atoms with E-state index in [-0.39, 0.29) is 18.2 Å². The number of amides is 3. The molecule has 2 aliphatic heterocycles. The summed E-state index contributed by atoms with van der Waals surface area (Å²) in [5.41, 5.74) is 7.69. The van der Waals surface area contributed by atoms with Crippen molar-refractivity contribution < 1.29 is 14.4 Å². The fraction of sp³-hybridized carbons (Fsp3) is 0.353. The molecule has 6 heteroatoms. The number of carbonyl (C=O) groups is 3. The van der Waals surface area contributed by atoms with Gasteiger partial charge in [0, 0.05) is 37.1 Å². The van der Waals surface area contributed by atoms with Crippen molar-refractivity contribution in [2.24, 2.45) is 5.73 Å². The van der Waals surface area contributed by atoms with Crippen LogP contribution in [0.1, 0.15) is 40.7 Å². The second-order valence-electron chi connectivity index (χ2n) is 5.61. The van der Waals surface area contributed by atoms with Gasteiger partial charge >= 0.3 is 0 Å². The highest BCUT2D eigenvalue weighted by molar-refractivity contribution is 6.05. The minimum absolute atomic E-state index is 0.170. The molecule has 23 heavy (non-hydrogen) atoms. The van der Waals surface area contributed by atoms with Gasteiger partial charge in [0.1, 0.15) is 6.04 Å². The molecule has 1 unspecified atom stereocenters. The number of piperidine rings is 1. The van der Waals surface area contributed by atoms with Gasteiger partial charge in [-0.2, -0.15) is 0 Å². The van der Waals surface area contributed by atoms with Gasteiger partial charge in [-0.3, -0.25) is 19.7 Å². The second kappa shape index (κ2) is 6.23. The average molecular weight is 311 g/mol. The first-order chi connectivity index (χ1) is 11.1. The molecule has 3 N–H and O–H groups in total. The summed E-state index contributed by atoms with van der Waals surface area (Å²) in [7, 11) is 0. The van der Waals surface area contributed by atoms with E-state index in [2.05, 4.69) is 17.2 Å². The van der Waals surface area contributed by atoms with Crippen LogP contribution in [0.4, 0.5) is 0 Å². The molecule has 0 spiro atoms. The molecule has 1 aromatic carbocycles. The molecule has 0 saturated carbocycles. The van der Waals surface area contributed by atoms with Crippen LogP contribution < -0.4 is 11.1 Å². The molecule has 2 heterocycles. The first kappa shape index (κ1) is 15.3. The number of nitrogens with two attached hydrogens (primary N) is 1. The molecule has 3 amide bonds. The van der Waals surface area contributed by atoms with Crippen LogP contribution in [0.25, 0.3) is 0 Å². The predicted octanol–water partition coefficient (Wildman–Crippen LogP) is 0.148. The van der Waals surface area contributed by atoms with E-state index in [1.807, 2.05) is 6.07 Å². The topological polar surface area (TPSA) is 92.5 Å². The van der Waals surface area contributed by atoms with E-state index in [4.69, 9.17) is 5.73 Å². The third kappa shape index (κ3) is 2.96. The zero-order chi connectivity index (χ0) is 16.4. The summed E-state index contributed by atoms with van der Waals surface area (Å²) in [4.78, 5) is 37.2. The third-order valence-corrected chi connectivity index (χ3v) is 4.03. The van der Waals surface area contributed by atoms with Gasteiger partial charge in [-0.1, -0.05) is 11.8 Å². The second-order valence-corrected chi connectivity index (χ2v) is 5.61. The van der Waals surface area contributed by atoms with Crippen molar-refractivity contribution in [2.45, 2.75) is 31.8 Å². The average Bonchev–Trinajstić information content (AvgIpc) is 2.84. The number of imide groups is 1. The van der Waals surface area contributed by atoms with Gasteiger partial charge in [-0.15, -0.1) is 0 Å². The van der Waals surface area contributed by atoms with Gasteiger partial charge in [-0.25, -0.2) is 0 Å². The van der Waals surface area contributed by atoms with E-state index >= 15 is 0 Å². The van der Waals surface area contributed by atoms with Crippen molar-refractivity contribution in [1.82, 2.24) is 10.2 Å². The van der Waals surface area contributed by atoms with Crippen LogP contribution in [0.15, 0.2) is 18.2 Å². The lowest BCUT2D eigenvalue weighted by molar-refractivity contribution is -0.136. The zero-order valence-corrected chi connectivity index (χ0v) is 12.6. The van der Waals surface area contributed by atoms with Crippen molar-refractivity contribution in [3.8, 4) is 11.8 Å². The number of nitrogens with zero attached hydrogens (tertiary/aromatic N) is 1. The molecule has 0 radical (unpaired) electrons. The van der Waals surface area contributed by atoms with Gasteiger partial charge < -0.3 is 10.6 Å². The van der Waals surface area contributed by atoms with E-state index in [0.29, 0.717) is 31.5 Å². The summed E-state index contributed by atoms with van der Waals surface area (Å²) >= 11 is 0. The minimum atomic E-state index is -0.584. The van der Waals surface area contributed by atoms with Crippen LogP contribution in [0.3, 0.4) is 0 Å². The summed E-state index contributed by atoms with van der Waals surface area (Å²) in [6.45, 7) is 0.882. The Morgan fingerprint density at radius 2 is 2.13 bits per heavy atom. The van der Waals surface area contributed by atoms with Crippen LogP contribution in [-0.4, -0.2) is 35.2 Å². The zero-order valence-electron chi connectivity index (χ0n) is 12.6. The number of nitrogens with one attached hydrogen (secondary N) is 1. The Bertz CT molecular complexity index is 745. The fourth-order valence-electron chi connectivity index (χ4n) is 2.89. The number of rotatable bonds is 2. The van der Waals surface area contributed by atoms with Gasteiger partial charge in [0.15, 0.2) is 0 Å². The lowest BCUT2D eigenvalue weighted by Gasteiger charge is -2.29. The predicted molar refractivity (Wildman–Crippen MR) is 83.0 cm³/mol. The first-order valence-corrected chi connectivity index (χ1v) is 7.56. The molecule has 0 bridgehead atoms. The molecule has 118 valence electrons. The Morgan fingerprint density at radius 3 is 2.87 bits per heavy atom. The highest BCUT2D eigenvalue weighted by Crippen LogP contribution is 2.27. The molecule has 1 aromatic rings. The highest BCUT2D eigenvalue weighted by Gasteiger charge is 2.38. The fourth-order valence-corrected chi connectivity index (χ4v) is 2.89. The summed E-state index contributed by atoms with van der Waals surface area (Å²) in [5, 5.41) is 2.29. The van der Waals surface area contributed by atoms with Crippen molar-refractivity contribution in [2.75, 3.05) is 6.54 Å². The van der Waals surface area contributed by atoms with E-state index in [1.165, 1.54) is 4.90 Å². The maximum atomic E-state index is 12.5. The lowest BCUT2D eigenvalue weighted by atomic mass is 10.0. The van der Waals surface area contributed by atoms with E-state index in [9.17, 15) is 14.4 Å². The van der Waals surface area contributed by atoms with Gasteiger partial charge in [-0.05, 0) is 30.2 Å². The Kier molecular flexibility index (Phi) is 4.13. The molecule has 3 rings (SSSR count). The van der Waals surface area contributed by atoms with Crippen molar-refractivity contribution >= 4 is 17.7 Å². The standard InChI is InChI=1S/C17H17N3O3/c18-8-2-1-3-11-4-5-13-12(9-11)10-20(17(13)23)14-6-7-15(21)19-16(14)22/h4-5,9,14H,2,6-8,10,18H2,(H,19,21,22). The summed E-state index contributed by atoms with van der Waals surface area (Å²) < 4.78 is 0. The summed E-state index contributed by atoms with van der Waals surface area (Å²) in [5.74, 6) is 5.13. The van der Waals surface area contributed by atoms with Crippen molar-refractivity contribution in [1.29, 1.82) is 0 Å². The Morgan fingerprint density at radius 1 is 1.30 bits per heavy atom. The lowest BCUT2D eigenvalue weighted by Crippen LogP contribution is -2.52. The number of carbonyl (C=O) groups excluding carboxylic acids is 3. The van der Waals surface area contributed by atoms with Crippen LogP contribution in [-0.2, 0) is 16.1 Å². The number of benzene rings is 1. The molecule has 0 aliphatic carbocycles. The monoisotopic (exact) mass is 311 g/mol. The Labute approximate surface area is 134 Å². The molecule has 1 atom stereocenters. The maximum Gasteiger partial charge on any atom is 0.255 e. The molecule has 2 aliphatic rings. The van der Waals surface area contributed by atoms with Crippen molar-refractivity contribution in [3.63, 3.8) is 0 Å². The SMILES string of the molecule is NCCC#Cc1ccc2c(c1)CN(C1CCC(=O)NC1=O)C2=O. The van der Waals surface area contributed by atoms with Gasteiger partial charge in [0.25, 0.3) is 5.91 Å². The summed E-state index contributed by atoms with van der Waals surface area (Å²) in [6, 6.07) is 4.84. The normalized spacial score (nSPS) is 20.0. The smallest absolute Gasteiger partial charge is 0.255 e. The number of fused-ring (bicyclic) bond motifs is 1. The Hall–Kier alpha value is -2.65. The molecular weight excluding hydrogens is 294 g/mol. The van der Waals surface area contributed by atoms with Crippen LogP contribution in [0.2, 0.25) is 0 Å². The van der Waals surface area contributed by atoms with E-state index < -0.39 is 11.9 Å². The van der Waals surface area contributed by atoms with Gasteiger partial charge in [0.2, 0.25) is 11.8 Å². The van der Waals surface area contributed by atoms with Crippen LogP contribution in [0.5, 0.6) is 0 Å². The number of hydrogen-bond acceptors (Lipinski definition) is 4. The number of hydrogen-bond donors (Lipinski definition) is 2. The quantitative estimate of drug-likeness (QED) is 0.600. The Balaban J connectivity index is 1.80. The highest BCUT2D eigenvalue weighted by atomic mass is 16.2. The van der Waals surface area contributed by atoms with Crippen LogP contribution >= 0.6 is 0 Å². The molecule has 1 saturated heterocycles. The molecule has 1 fully saturated rings. The van der Waals surface area contributed by atoms with E-state index in [1.54, 1.807) is 12.1 Å². The molecule has 6 nitrogen and oxygen atoms in total. The van der Waals surface area contributed by atoms with Gasteiger partial charge in [0.05, 0.1) is 0 Å². The van der Waals surface area contributed by atoms with E-state index in [0.717, 1.165) is 11.1 Å². The maximum absolute atomic E-state index is 12.5. The summed E-state index contributed by atoms with van der Waals surface area (Å²) in [6.07, 6.45) is 1.25. The molecule has 0 aromatic heterocycles. The van der Waals surface area contributed by atoms with Crippen LogP contribution in [0, 0.1) is 11.8 Å². The first-order valence-electron chi connectivity index (χ1n) is 7.56. The molecular formula is C17H17N3O3.